The summed E-state index contributed by atoms with van der Waals surface area (Å²) >= 11 is 1.50. The van der Waals surface area contributed by atoms with Crippen LogP contribution in [0, 0.1) is 0 Å². The molecule has 0 atom stereocenters. The molecule has 0 fully saturated rings. The van der Waals surface area contributed by atoms with Gasteiger partial charge in [-0.05, 0) is 18.9 Å². The standard InChI is InChI=1S/C16H18N4O3S/c21-12(20-23)8-2-1-5-9-24-16-18-13-10-6-3-4-7-11(10)17-14(13)15(22)19-16/h3-4,6-7,17,23H,1-2,5,8-9H2,(H,20,21)(H,18,19,22). The zero-order valence-electron chi connectivity index (χ0n) is 13.0. The van der Waals surface area contributed by atoms with Crippen molar-refractivity contribution in [3.8, 4) is 0 Å². The Labute approximate surface area is 141 Å². The molecule has 1 amide bonds. The number of carbonyl (C=O) groups excluding carboxylic acids is 1. The maximum atomic E-state index is 12.2. The van der Waals surface area contributed by atoms with E-state index in [0.717, 1.165) is 35.9 Å². The molecule has 3 rings (SSSR count). The molecule has 0 radical (unpaired) electrons. The summed E-state index contributed by atoms with van der Waals surface area (Å²) in [6, 6.07) is 7.71. The number of benzene rings is 1. The number of hydrogen-bond donors (Lipinski definition) is 4. The Bertz CT molecular complexity index is 918. The number of fused-ring (bicyclic) bond motifs is 3. The van der Waals surface area contributed by atoms with Crippen LogP contribution in [0.5, 0.6) is 0 Å². The van der Waals surface area contributed by atoms with Gasteiger partial charge in [-0.25, -0.2) is 10.5 Å². The Morgan fingerprint density at radius 3 is 2.88 bits per heavy atom. The van der Waals surface area contributed by atoms with Crippen molar-refractivity contribution >= 4 is 39.6 Å². The van der Waals surface area contributed by atoms with Gasteiger partial charge in [0.15, 0.2) is 5.16 Å². The number of unbranched alkanes of at least 4 members (excludes halogenated alkanes) is 2. The quantitative estimate of drug-likeness (QED) is 0.173. The second-order valence-electron chi connectivity index (χ2n) is 5.46. The summed E-state index contributed by atoms with van der Waals surface area (Å²) in [5, 5.41) is 9.95. The van der Waals surface area contributed by atoms with Crippen molar-refractivity contribution in [2.24, 2.45) is 0 Å². The van der Waals surface area contributed by atoms with Crippen LogP contribution in [0.3, 0.4) is 0 Å². The van der Waals surface area contributed by atoms with Gasteiger partial charge in [0.1, 0.15) is 11.0 Å². The van der Waals surface area contributed by atoms with E-state index in [0.29, 0.717) is 22.6 Å². The van der Waals surface area contributed by atoms with Crippen LogP contribution in [0.2, 0.25) is 0 Å². The predicted octanol–water partition coefficient (Wildman–Crippen LogP) is 2.56. The zero-order valence-corrected chi connectivity index (χ0v) is 13.8. The number of para-hydroxylation sites is 1. The van der Waals surface area contributed by atoms with E-state index in [9.17, 15) is 9.59 Å². The Balaban J connectivity index is 1.64. The Morgan fingerprint density at radius 2 is 2.04 bits per heavy atom. The van der Waals surface area contributed by atoms with Gasteiger partial charge >= 0.3 is 0 Å². The number of hydroxylamine groups is 1. The molecule has 126 valence electrons. The van der Waals surface area contributed by atoms with E-state index in [1.54, 1.807) is 5.48 Å². The lowest BCUT2D eigenvalue weighted by Crippen LogP contribution is -2.17. The first-order chi connectivity index (χ1) is 11.7. The van der Waals surface area contributed by atoms with Gasteiger partial charge in [0.2, 0.25) is 5.91 Å². The summed E-state index contributed by atoms with van der Waals surface area (Å²) in [4.78, 5) is 33.6. The summed E-state index contributed by atoms with van der Waals surface area (Å²) < 4.78 is 0. The number of carbonyl (C=O) groups is 1. The van der Waals surface area contributed by atoms with Gasteiger partial charge in [-0.1, -0.05) is 36.4 Å². The summed E-state index contributed by atoms with van der Waals surface area (Å²) in [5.74, 6) is 0.441. The van der Waals surface area contributed by atoms with E-state index in [4.69, 9.17) is 5.21 Å². The molecule has 8 heteroatoms. The minimum atomic E-state index is -0.363. The smallest absolute Gasteiger partial charge is 0.275 e. The highest BCUT2D eigenvalue weighted by Crippen LogP contribution is 2.23. The van der Waals surface area contributed by atoms with Crippen molar-refractivity contribution in [3.05, 3.63) is 34.6 Å². The van der Waals surface area contributed by atoms with Crippen LogP contribution < -0.4 is 11.0 Å². The molecule has 0 saturated carbocycles. The molecule has 2 heterocycles. The first-order valence-electron chi connectivity index (χ1n) is 7.75. The number of nitrogens with zero attached hydrogens (tertiary/aromatic N) is 1. The van der Waals surface area contributed by atoms with Crippen LogP contribution in [0.15, 0.2) is 34.2 Å². The number of amides is 1. The molecule has 0 spiro atoms. The SMILES string of the molecule is O=C(CCCCCSc1nc2c([nH]c3ccccc32)c(=O)[nH]1)NO. The lowest BCUT2D eigenvalue weighted by Gasteiger charge is -2.02. The first-order valence-corrected chi connectivity index (χ1v) is 8.74. The number of aromatic amines is 2. The Hall–Kier alpha value is -2.32. The van der Waals surface area contributed by atoms with E-state index in [1.165, 1.54) is 11.8 Å². The number of nitrogens with one attached hydrogen (secondary N) is 3. The molecule has 2 aromatic heterocycles. The topological polar surface area (TPSA) is 111 Å². The average molecular weight is 346 g/mol. The van der Waals surface area contributed by atoms with Crippen molar-refractivity contribution < 1.29 is 10.0 Å². The van der Waals surface area contributed by atoms with Crippen LogP contribution in [0.25, 0.3) is 21.9 Å². The van der Waals surface area contributed by atoms with Crippen LogP contribution >= 0.6 is 11.8 Å². The molecular formula is C16H18N4O3S. The normalized spacial score (nSPS) is 11.2. The van der Waals surface area contributed by atoms with Gasteiger partial charge in [0.05, 0.1) is 0 Å². The molecule has 24 heavy (non-hydrogen) atoms. The summed E-state index contributed by atoms with van der Waals surface area (Å²) in [5.41, 5.74) is 3.54. The van der Waals surface area contributed by atoms with Gasteiger partial charge in [0.25, 0.3) is 5.56 Å². The largest absolute Gasteiger partial charge is 0.349 e. The van der Waals surface area contributed by atoms with Gasteiger partial charge in [-0.2, -0.15) is 0 Å². The third-order valence-electron chi connectivity index (χ3n) is 3.75. The second-order valence-corrected chi connectivity index (χ2v) is 6.54. The lowest BCUT2D eigenvalue weighted by atomic mass is 10.2. The zero-order chi connectivity index (χ0) is 16.9. The second kappa shape index (κ2) is 7.50. The average Bonchev–Trinajstić information content (AvgIpc) is 2.97. The summed E-state index contributed by atoms with van der Waals surface area (Å²) in [6.07, 6.45) is 2.81. The van der Waals surface area contributed by atoms with Gasteiger partial charge in [0, 0.05) is 23.1 Å². The maximum Gasteiger partial charge on any atom is 0.275 e. The molecule has 0 bridgehead atoms. The highest BCUT2D eigenvalue weighted by molar-refractivity contribution is 7.99. The van der Waals surface area contributed by atoms with Crippen molar-refractivity contribution in [1.82, 2.24) is 20.4 Å². The number of hydrogen-bond acceptors (Lipinski definition) is 5. The maximum absolute atomic E-state index is 12.2. The minimum Gasteiger partial charge on any atom is -0.349 e. The molecule has 0 aliphatic carbocycles. The van der Waals surface area contributed by atoms with Crippen LogP contribution in [0.1, 0.15) is 25.7 Å². The predicted molar refractivity (Wildman–Crippen MR) is 93.3 cm³/mol. The summed E-state index contributed by atoms with van der Waals surface area (Å²) in [6.45, 7) is 0. The monoisotopic (exact) mass is 346 g/mol. The van der Waals surface area contributed by atoms with Crippen molar-refractivity contribution in [3.63, 3.8) is 0 Å². The highest BCUT2D eigenvalue weighted by atomic mass is 32.2. The molecule has 4 N–H and O–H groups in total. The van der Waals surface area contributed by atoms with Crippen molar-refractivity contribution in [1.29, 1.82) is 0 Å². The fourth-order valence-electron chi connectivity index (χ4n) is 2.55. The van der Waals surface area contributed by atoms with Crippen LogP contribution in [-0.4, -0.2) is 31.8 Å². The number of thioether (sulfide) groups is 1. The first kappa shape index (κ1) is 16.5. The third-order valence-corrected chi connectivity index (χ3v) is 4.71. The molecule has 0 aliphatic rings. The van der Waals surface area contributed by atoms with E-state index in [1.807, 2.05) is 24.3 Å². The molecule has 3 aromatic rings. The van der Waals surface area contributed by atoms with Crippen molar-refractivity contribution in [2.45, 2.75) is 30.8 Å². The van der Waals surface area contributed by atoms with E-state index < -0.39 is 0 Å². The molecule has 0 aliphatic heterocycles. The Kier molecular flexibility index (Phi) is 5.17. The molecule has 1 aromatic carbocycles. The molecule has 0 saturated heterocycles. The van der Waals surface area contributed by atoms with Gasteiger partial charge in [-0.15, -0.1) is 0 Å². The summed E-state index contributed by atoms with van der Waals surface area (Å²) in [7, 11) is 0. The fraction of sp³-hybridized carbons (Fsp3) is 0.312. The Morgan fingerprint density at radius 1 is 1.21 bits per heavy atom. The molecular weight excluding hydrogens is 328 g/mol. The minimum absolute atomic E-state index is 0.168. The van der Waals surface area contributed by atoms with E-state index in [2.05, 4.69) is 15.0 Å². The van der Waals surface area contributed by atoms with Gasteiger partial charge < -0.3 is 4.98 Å². The van der Waals surface area contributed by atoms with Crippen LogP contribution in [-0.2, 0) is 4.79 Å². The van der Waals surface area contributed by atoms with Crippen LogP contribution in [0.4, 0.5) is 0 Å². The number of aromatic nitrogens is 3. The molecule has 0 unspecified atom stereocenters. The van der Waals surface area contributed by atoms with E-state index in [-0.39, 0.29) is 11.5 Å². The number of rotatable bonds is 7. The van der Waals surface area contributed by atoms with Gasteiger partial charge in [-0.3, -0.25) is 19.8 Å². The molecule has 7 nitrogen and oxygen atoms in total. The highest BCUT2D eigenvalue weighted by Gasteiger charge is 2.10. The lowest BCUT2D eigenvalue weighted by molar-refractivity contribution is -0.129. The van der Waals surface area contributed by atoms with Crippen molar-refractivity contribution in [2.75, 3.05) is 5.75 Å². The van der Waals surface area contributed by atoms with E-state index >= 15 is 0 Å². The fourth-order valence-corrected chi connectivity index (χ4v) is 3.42. The number of H-pyrrole nitrogens is 2. The third kappa shape index (κ3) is 3.60.